The number of pyridine rings is 1. The Morgan fingerprint density at radius 1 is 1.29 bits per heavy atom. The molecule has 1 atom stereocenters. The number of rotatable bonds is 8. The number of nitrogens with zero attached hydrogens (tertiary/aromatic N) is 3. The zero-order valence-electron chi connectivity index (χ0n) is 13.3. The van der Waals surface area contributed by atoms with Gasteiger partial charge in [-0.15, -0.1) is 0 Å². The van der Waals surface area contributed by atoms with E-state index in [1.165, 1.54) is 11.1 Å². The molecule has 2 aromatic heterocycles. The summed E-state index contributed by atoms with van der Waals surface area (Å²) in [5, 5.41) is 3.68. The molecule has 0 aliphatic carbocycles. The summed E-state index contributed by atoms with van der Waals surface area (Å²) in [5.74, 6) is 1.14. The number of aryl methyl sites for hydroxylation is 3. The topological polar surface area (TPSA) is 42.7 Å². The lowest BCUT2D eigenvalue weighted by Crippen LogP contribution is -2.24. The molecule has 0 aliphatic rings. The molecule has 0 amide bonds. The first-order chi connectivity index (χ1) is 10.3. The molecule has 0 fully saturated rings. The highest BCUT2D eigenvalue weighted by molar-refractivity contribution is 5.27. The summed E-state index contributed by atoms with van der Waals surface area (Å²) in [6, 6.07) is 2.53. The molecule has 21 heavy (non-hydrogen) atoms. The number of hydrogen-bond donors (Lipinski definition) is 1. The van der Waals surface area contributed by atoms with Crippen molar-refractivity contribution in [1.29, 1.82) is 0 Å². The summed E-state index contributed by atoms with van der Waals surface area (Å²) in [6.45, 7) is 5.43. The lowest BCUT2D eigenvalue weighted by atomic mass is 9.97. The summed E-state index contributed by atoms with van der Waals surface area (Å²) in [5.41, 5.74) is 2.72. The van der Waals surface area contributed by atoms with Crippen molar-refractivity contribution in [2.75, 3.05) is 6.54 Å². The zero-order valence-corrected chi connectivity index (χ0v) is 13.3. The van der Waals surface area contributed by atoms with Crippen LogP contribution < -0.4 is 5.32 Å². The van der Waals surface area contributed by atoms with Gasteiger partial charge in [0.15, 0.2) is 0 Å². The van der Waals surface area contributed by atoms with Crippen LogP contribution in [0.5, 0.6) is 0 Å². The van der Waals surface area contributed by atoms with Crippen molar-refractivity contribution in [3.05, 3.63) is 47.8 Å². The highest BCUT2D eigenvalue weighted by atomic mass is 15.0. The average molecular weight is 286 g/mol. The largest absolute Gasteiger partial charge is 0.338 e. The highest BCUT2D eigenvalue weighted by Gasteiger charge is 2.15. The minimum absolute atomic E-state index is 0.375. The van der Waals surface area contributed by atoms with E-state index in [0.717, 1.165) is 38.1 Å². The third-order valence-corrected chi connectivity index (χ3v) is 3.92. The van der Waals surface area contributed by atoms with Crippen LogP contribution in [-0.4, -0.2) is 21.1 Å². The molecule has 0 aliphatic heterocycles. The molecule has 2 aromatic rings. The van der Waals surface area contributed by atoms with Crippen LogP contribution in [0.2, 0.25) is 0 Å². The quantitative estimate of drug-likeness (QED) is 0.811. The summed E-state index contributed by atoms with van der Waals surface area (Å²) >= 11 is 0. The van der Waals surface area contributed by atoms with Crippen LogP contribution in [0.1, 0.15) is 49.7 Å². The SMILES string of the molecule is CCCNC(CCc1nccn1C)c1ccncc1CC. The summed E-state index contributed by atoms with van der Waals surface area (Å²) in [4.78, 5) is 8.69. The van der Waals surface area contributed by atoms with E-state index >= 15 is 0 Å². The van der Waals surface area contributed by atoms with Crippen molar-refractivity contribution in [3.8, 4) is 0 Å². The summed E-state index contributed by atoms with van der Waals surface area (Å²) in [7, 11) is 2.06. The van der Waals surface area contributed by atoms with E-state index in [2.05, 4.69) is 46.8 Å². The second-order valence-electron chi connectivity index (χ2n) is 5.43. The predicted octanol–water partition coefficient (Wildman–Crippen LogP) is 3.05. The molecule has 0 radical (unpaired) electrons. The fraction of sp³-hybridized carbons (Fsp3) is 0.529. The first-order valence-corrected chi connectivity index (χ1v) is 7.88. The van der Waals surface area contributed by atoms with Crippen LogP contribution in [0.4, 0.5) is 0 Å². The molecule has 2 heterocycles. The molecule has 0 saturated carbocycles. The standard InChI is InChI=1S/C17H26N4/c1-4-9-19-16(6-7-17-20-11-12-21(17)3)15-8-10-18-13-14(15)5-2/h8,10-13,16,19H,4-7,9H2,1-3H3. The summed E-state index contributed by atoms with van der Waals surface area (Å²) in [6.07, 6.45) is 12.0. The normalized spacial score (nSPS) is 12.5. The van der Waals surface area contributed by atoms with Gasteiger partial charge < -0.3 is 9.88 Å². The van der Waals surface area contributed by atoms with Gasteiger partial charge in [0.05, 0.1) is 0 Å². The van der Waals surface area contributed by atoms with Crippen LogP contribution in [0.3, 0.4) is 0 Å². The molecule has 2 rings (SSSR count). The molecule has 114 valence electrons. The van der Waals surface area contributed by atoms with Crippen molar-refractivity contribution < 1.29 is 0 Å². The van der Waals surface area contributed by atoms with Gasteiger partial charge in [0.1, 0.15) is 5.82 Å². The number of nitrogens with one attached hydrogen (secondary N) is 1. The second-order valence-corrected chi connectivity index (χ2v) is 5.43. The van der Waals surface area contributed by atoms with Crippen molar-refractivity contribution in [3.63, 3.8) is 0 Å². The maximum Gasteiger partial charge on any atom is 0.108 e. The second kappa shape index (κ2) is 7.93. The van der Waals surface area contributed by atoms with Gasteiger partial charge in [-0.1, -0.05) is 13.8 Å². The van der Waals surface area contributed by atoms with Crippen molar-refractivity contribution >= 4 is 0 Å². The fourth-order valence-corrected chi connectivity index (χ4v) is 2.67. The van der Waals surface area contributed by atoms with Gasteiger partial charge in [-0.25, -0.2) is 4.98 Å². The Morgan fingerprint density at radius 3 is 2.81 bits per heavy atom. The fourth-order valence-electron chi connectivity index (χ4n) is 2.67. The molecular weight excluding hydrogens is 260 g/mol. The Labute approximate surface area is 127 Å². The van der Waals surface area contributed by atoms with Gasteiger partial charge in [-0.3, -0.25) is 4.98 Å². The highest BCUT2D eigenvalue weighted by Crippen LogP contribution is 2.22. The lowest BCUT2D eigenvalue weighted by Gasteiger charge is -2.21. The Bertz CT molecular complexity index is 547. The van der Waals surface area contributed by atoms with E-state index in [0.29, 0.717) is 6.04 Å². The van der Waals surface area contributed by atoms with Gasteiger partial charge in [0, 0.05) is 44.3 Å². The minimum atomic E-state index is 0.375. The average Bonchev–Trinajstić information content (AvgIpc) is 2.93. The van der Waals surface area contributed by atoms with Gasteiger partial charge in [0.2, 0.25) is 0 Å². The molecule has 0 bridgehead atoms. The molecule has 1 N–H and O–H groups in total. The molecule has 4 heteroatoms. The monoisotopic (exact) mass is 286 g/mol. The number of imidazole rings is 1. The Morgan fingerprint density at radius 2 is 2.14 bits per heavy atom. The van der Waals surface area contributed by atoms with E-state index in [9.17, 15) is 0 Å². The van der Waals surface area contributed by atoms with Gasteiger partial charge >= 0.3 is 0 Å². The van der Waals surface area contributed by atoms with E-state index < -0.39 is 0 Å². The molecule has 0 aromatic carbocycles. The zero-order chi connectivity index (χ0) is 15.1. The third kappa shape index (κ3) is 4.14. The first kappa shape index (κ1) is 15.7. The first-order valence-electron chi connectivity index (χ1n) is 7.88. The molecule has 0 saturated heterocycles. The van der Waals surface area contributed by atoms with Gasteiger partial charge in [0.25, 0.3) is 0 Å². The van der Waals surface area contributed by atoms with E-state index in [-0.39, 0.29) is 0 Å². The van der Waals surface area contributed by atoms with Crippen molar-refractivity contribution in [2.45, 2.75) is 45.6 Å². The van der Waals surface area contributed by atoms with E-state index in [1.54, 1.807) is 0 Å². The maximum atomic E-state index is 4.43. The third-order valence-electron chi connectivity index (χ3n) is 3.92. The number of aromatic nitrogens is 3. The molecule has 4 nitrogen and oxygen atoms in total. The van der Waals surface area contributed by atoms with Crippen LogP contribution in [-0.2, 0) is 19.9 Å². The molecular formula is C17H26N4. The Balaban J connectivity index is 2.12. The van der Waals surface area contributed by atoms with Gasteiger partial charge in [-0.05, 0) is 43.0 Å². The molecule has 1 unspecified atom stereocenters. The predicted molar refractivity (Wildman–Crippen MR) is 86.2 cm³/mol. The maximum absolute atomic E-state index is 4.43. The Hall–Kier alpha value is -1.68. The van der Waals surface area contributed by atoms with E-state index in [1.807, 2.05) is 24.8 Å². The van der Waals surface area contributed by atoms with Crippen molar-refractivity contribution in [1.82, 2.24) is 19.9 Å². The van der Waals surface area contributed by atoms with Crippen LogP contribution in [0.15, 0.2) is 30.9 Å². The van der Waals surface area contributed by atoms with Gasteiger partial charge in [-0.2, -0.15) is 0 Å². The van der Waals surface area contributed by atoms with E-state index in [4.69, 9.17) is 0 Å². The van der Waals surface area contributed by atoms with Crippen LogP contribution >= 0.6 is 0 Å². The van der Waals surface area contributed by atoms with Crippen molar-refractivity contribution in [2.24, 2.45) is 7.05 Å². The van der Waals surface area contributed by atoms with Crippen LogP contribution in [0, 0.1) is 0 Å². The van der Waals surface area contributed by atoms with Crippen LogP contribution in [0.25, 0.3) is 0 Å². The lowest BCUT2D eigenvalue weighted by molar-refractivity contribution is 0.488. The smallest absolute Gasteiger partial charge is 0.108 e. The minimum Gasteiger partial charge on any atom is -0.338 e. The number of hydrogen-bond acceptors (Lipinski definition) is 3. The summed E-state index contributed by atoms with van der Waals surface area (Å²) < 4.78 is 2.10. The Kier molecular flexibility index (Phi) is 5.93. The molecule has 0 spiro atoms.